The van der Waals surface area contributed by atoms with Crippen molar-refractivity contribution in [3.8, 4) is 11.5 Å². The Kier molecular flexibility index (Phi) is 7.23. The molecular formula is C28H25BrN4O4. The molecular weight excluding hydrogens is 536 g/mol. The molecule has 1 atom stereocenters. The van der Waals surface area contributed by atoms with Crippen molar-refractivity contribution in [2.45, 2.75) is 26.2 Å². The summed E-state index contributed by atoms with van der Waals surface area (Å²) in [6.07, 6.45) is 1.45. The minimum Gasteiger partial charge on any atom is -0.493 e. The molecule has 0 bridgehead atoms. The number of fused-ring (bicyclic) bond motifs is 1. The Morgan fingerprint density at radius 1 is 1.00 bits per heavy atom. The number of benzene rings is 3. The van der Waals surface area contributed by atoms with Crippen LogP contribution in [-0.2, 0) is 22.7 Å². The van der Waals surface area contributed by atoms with Crippen LogP contribution in [-0.4, -0.2) is 27.8 Å². The number of hydrogen-bond donors (Lipinski definition) is 1. The zero-order chi connectivity index (χ0) is 25.8. The Bertz CT molecular complexity index is 1430. The van der Waals surface area contributed by atoms with E-state index in [-0.39, 0.29) is 6.61 Å². The number of anilines is 1. The van der Waals surface area contributed by atoms with Gasteiger partial charge in [-0.3, -0.25) is 0 Å². The van der Waals surface area contributed by atoms with E-state index in [0.717, 1.165) is 21.2 Å². The third-order valence-electron chi connectivity index (χ3n) is 6.04. The fourth-order valence-corrected chi connectivity index (χ4v) is 4.44. The molecule has 0 saturated heterocycles. The molecule has 2 heterocycles. The number of nitrogens with zero attached hydrogens (tertiary/aromatic N) is 3. The van der Waals surface area contributed by atoms with Crippen molar-refractivity contribution >= 4 is 27.8 Å². The number of methoxy groups -OCH3 is 1. The summed E-state index contributed by atoms with van der Waals surface area (Å²) in [6, 6.07) is 22.5. The Labute approximate surface area is 223 Å². The summed E-state index contributed by atoms with van der Waals surface area (Å²) in [6.45, 7) is 2.39. The first kappa shape index (κ1) is 24.6. The average Bonchev–Trinajstić information content (AvgIpc) is 3.39. The molecule has 0 fully saturated rings. The quantitative estimate of drug-likeness (QED) is 0.278. The van der Waals surface area contributed by atoms with E-state index in [1.807, 2.05) is 79.7 Å². The third-order valence-corrected chi connectivity index (χ3v) is 6.57. The minimum absolute atomic E-state index is 0.166. The van der Waals surface area contributed by atoms with Crippen molar-refractivity contribution in [3.63, 3.8) is 0 Å². The fourth-order valence-electron chi connectivity index (χ4n) is 4.18. The summed E-state index contributed by atoms with van der Waals surface area (Å²) in [5.41, 5.74) is 3.82. The Morgan fingerprint density at radius 3 is 2.51 bits per heavy atom. The van der Waals surface area contributed by atoms with E-state index in [9.17, 15) is 4.79 Å². The van der Waals surface area contributed by atoms with Crippen molar-refractivity contribution in [3.05, 3.63) is 112 Å². The van der Waals surface area contributed by atoms with Crippen LogP contribution >= 0.6 is 15.9 Å². The lowest BCUT2D eigenvalue weighted by Crippen LogP contribution is -2.29. The lowest BCUT2D eigenvalue weighted by molar-refractivity contribution is -0.140. The Balaban J connectivity index is 1.43. The molecule has 0 spiro atoms. The number of esters is 1. The van der Waals surface area contributed by atoms with Crippen LogP contribution in [0.1, 0.15) is 29.7 Å². The van der Waals surface area contributed by atoms with Crippen LogP contribution in [0.4, 0.5) is 5.95 Å². The number of halogens is 1. The largest absolute Gasteiger partial charge is 0.493 e. The van der Waals surface area contributed by atoms with Gasteiger partial charge < -0.3 is 19.5 Å². The van der Waals surface area contributed by atoms with Crippen molar-refractivity contribution < 1.29 is 19.0 Å². The molecule has 37 heavy (non-hydrogen) atoms. The van der Waals surface area contributed by atoms with Gasteiger partial charge in [0.15, 0.2) is 11.5 Å². The molecule has 0 amide bonds. The van der Waals surface area contributed by atoms with Crippen LogP contribution in [0.25, 0.3) is 0 Å². The van der Waals surface area contributed by atoms with Gasteiger partial charge in [0, 0.05) is 10.2 Å². The molecule has 0 aliphatic carbocycles. The van der Waals surface area contributed by atoms with Crippen molar-refractivity contribution in [2.24, 2.45) is 0 Å². The zero-order valence-electron chi connectivity index (χ0n) is 20.3. The summed E-state index contributed by atoms with van der Waals surface area (Å²) in [7, 11) is 1.59. The van der Waals surface area contributed by atoms with Gasteiger partial charge in [-0.15, -0.1) is 0 Å². The van der Waals surface area contributed by atoms with E-state index in [4.69, 9.17) is 14.2 Å². The number of aromatic nitrogens is 3. The molecule has 1 aliphatic heterocycles. The normalized spacial score (nSPS) is 14.5. The topological polar surface area (TPSA) is 87.5 Å². The van der Waals surface area contributed by atoms with Gasteiger partial charge in [-0.05, 0) is 47.9 Å². The summed E-state index contributed by atoms with van der Waals surface area (Å²) < 4.78 is 20.1. The molecule has 1 unspecified atom stereocenters. The van der Waals surface area contributed by atoms with Gasteiger partial charge in [0.1, 0.15) is 25.6 Å². The van der Waals surface area contributed by atoms with Gasteiger partial charge in [0.2, 0.25) is 5.95 Å². The number of carbonyl (C=O) groups is 1. The summed E-state index contributed by atoms with van der Waals surface area (Å²) in [5.74, 6) is 1.24. The molecule has 5 rings (SSSR count). The highest BCUT2D eigenvalue weighted by molar-refractivity contribution is 9.10. The highest BCUT2D eigenvalue weighted by Gasteiger charge is 2.35. The molecule has 188 valence electrons. The van der Waals surface area contributed by atoms with Crippen molar-refractivity contribution in [1.82, 2.24) is 14.8 Å². The van der Waals surface area contributed by atoms with Gasteiger partial charge in [0.25, 0.3) is 0 Å². The SMILES string of the molecule is COc1cc(C2C(C(=O)OCc3ccccc3)=C(C)Nc3ncnn32)ccc1OCc1ccc(Br)cc1. The minimum atomic E-state index is -0.559. The molecule has 1 aliphatic rings. The Hall–Kier alpha value is -4.11. The predicted molar refractivity (Wildman–Crippen MR) is 142 cm³/mol. The van der Waals surface area contributed by atoms with Gasteiger partial charge in [-0.2, -0.15) is 10.1 Å². The fraction of sp³-hybridized carbons (Fsp3) is 0.179. The van der Waals surface area contributed by atoms with Crippen LogP contribution in [0, 0.1) is 0 Å². The zero-order valence-corrected chi connectivity index (χ0v) is 21.9. The molecule has 4 aromatic rings. The average molecular weight is 561 g/mol. The van der Waals surface area contributed by atoms with Crippen LogP contribution in [0.15, 0.2) is 94.9 Å². The van der Waals surface area contributed by atoms with Crippen LogP contribution < -0.4 is 14.8 Å². The molecule has 3 aromatic carbocycles. The maximum Gasteiger partial charge on any atom is 0.338 e. The molecule has 0 radical (unpaired) electrons. The second-order valence-electron chi connectivity index (χ2n) is 8.48. The second-order valence-corrected chi connectivity index (χ2v) is 9.40. The smallest absolute Gasteiger partial charge is 0.338 e. The Morgan fingerprint density at radius 2 is 1.76 bits per heavy atom. The first-order chi connectivity index (χ1) is 18.0. The summed E-state index contributed by atoms with van der Waals surface area (Å²) in [4.78, 5) is 17.7. The van der Waals surface area contributed by atoms with E-state index in [2.05, 4.69) is 31.3 Å². The second kappa shape index (κ2) is 10.9. The van der Waals surface area contributed by atoms with Gasteiger partial charge in [0.05, 0.1) is 12.7 Å². The van der Waals surface area contributed by atoms with Gasteiger partial charge >= 0.3 is 5.97 Å². The number of carbonyl (C=O) groups excluding carboxylic acids is 1. The highest BCUT2D eigenvalue weighted by atomic mass is 79.9. The lowest BCUT2D eigenvalue weighted by Gasteiger charge is -2.28. The van der Waals surface area contributed by atoms with E-state index in [1.54, 1.807) is 11.8 Å². The standard InChI is InChI=1S/C28H25BrN4O4/c1-18-25(27(34)37-16-19-6-4-3-5-7-19)26(33-28(32-18)30-17-31-33)21-10-13-23(24(14-21)35-2)36-15-20-8-11-22(29)12-9-20/h3-14,17,26H,15-16H2,1-2H3,(H,30,31,32). The maximum atomic E-state index is 13.4. The number of rotatable bonds is 8. The number of allylic oxidation sites excluding steroid dienone is 1. The maximum absolute atomic E-state index is 13.4. The number of hydrogen-bond acceptors (Lipinski definition) is 7. The van der Waals surface area contributed by atoms with Gasteiger partial charge in [-0.1, -0.05) is 64.5 Å². The van der Waals surface area contributed by atoms with Crippen molar-refractivity contribution in [2.75, 3.05) is 12.4 Å². The van der Waals surface area contributed by atoms with E-state index in [0.29, 0.717) is 35.3 Å². The van der Waals surface area contributed by atoms with E-state index >= 15 is 0 Å². The van der Waals surface area contributed by atoms with Crippen molar-refractivity contribution in [1.29, 1.82) is 0 Å². The van der Waals surface area contributed by atoms with E-state index < -0.39 is 12.0 Å². The predicted octanol–water partition coefficient (Wildman–Crippen LogP) is 5.66. The van der Waals surface area contributed by atoms with Crippen LogP contribution in [0.5, 0.6) is 11.5 Å². The number of ether oxygens (including phenoxy) is 3. The summed E-state index contributed by atoms with van der Waals surface area (Å²) in [5, 5.41) is 7.55. The third kappa shape index (κ3) is 5.36. The molecule has 9 heteroatoms. The molecule has 1 aromatic heterocycles. The first-order valence-corrected chi connectivity index (χ1v) is 12.5. The van der Waals surface area contributed by atoms with Gasteiger partial charge in [-0.25, -0.2) is 9.48 Å². The highest BCUT2D eigenvalue weighted by Crippen LogP contribution is 2.39. The summed E-state index contributed by atoms with van der Waals surface area (Å²) >= 11 is 3.45. The van der Waals surface area contributed by atoms with Crippen LogP contribution in [0.2, 0.25) is 0 Å². The lowest BCUT2D eigenvalue weighted by atomic mass is 9.95. The monoisotopic (exact) mass is 560 g/mol. The number of nitrogens with one attached hydrogen (secondary N) is 1. The molecule has 1 N–H and O–H groups in total. The molecule has 0 saturated carbocycles. The van der Waals surface area contributed by atoms with Crippen LogP contribution in [0.3, 0.4) is 0 Å². The van der Waals surface area contributed by atoms with E-state index in [1.165, 1.54) is 6.33 Å². The first-order valence-electron chi connectivity index (χ1n) is 11.7. The molecule has 8 nitrogen and oxygen atoms in total.